The Hall–Kier alpha value is -2.21. The van der Waals surface area contributed by atoms with E-state index in [9.17, 15) is 9.18 Å². The van der Waals surface area contributed by atoms with Crippen LogP contribution in [0.1, 0.15) is 16.1 Å². The lowest BCUT2D eigenvalue weighted by molar-refractivity contribution is 0.0984. The standard InChI is InChI=1S/C14H12ClFN2O3/c1-20-12-7-17-13(14(18-12)21-2)11(19)5-8-3-4-9(16)6-10(8)15/h3-4,6-7H,5H2,1-2H3. The molecular weight excluding hydrogens is 299 g/mol. The van der Waals surface area contributed by atoms with E-state index in [0.717, 1.165) is 6.07 Å². The molecule has 0 aliphatic carbocycles. The van der Waals surface area contributed by atoms with Crippen LogP contribution in [-0.4, -0.2) is 30.0 Å². The summed E-state index contributed by atoms with van der Waals surface area (Å²) in [6, 6.07) is 3.85. The minimum absolute atomic E-state index is 0.0313. The minimum Gasteiger partial charge on any atom is -0.480 e. The molecule has 0 atom stereocenters. The van der Waals surface area contributed by atoms with Gasteiger partial charge in [-0.05, 0) is 17.7 Å². The van der Waals surface area contributed by atoms with E-state index >= 15 is 0 Å². The number of benzene rings is 1. The summed E-state index contributed by atoms with van der Waals surface area (Å²) in [6.45, 7) is 0. The van der Waals surface area contributed by atoms with Gasteiger partial charge in [-0.25, -0.2) is 9.37 Å². The molecule has 110 valence electrons. The Balaban J connectivity index is 2.28. The molecule has 0 radical (unpaired) electrons. The molecule has 0 spiro atoms. The number of carbonyl (C=O) groups is 1. The van der Waals surface area contributed by atoms with Crippen LogP contribution in [0.15, 0.2) is 24.4 Å². The SMILES string of the molecule is COc1cnc(C(=O)Cc2ccc(F)cc2Cl)c(OC)n1. The van der Waals surface area contributed by atoms with E-state index in [2.05, 4.69) is 9.97 Å². The molecule has 0 unspecified atom stereocenters. The normalized spacial score (nSPS) is 10.3. The van der Waals surface area contributed by atoms with E-state index in [4.69, 9.17) is 21.1 Å². The lowest BCUT2D eigenvalue weighted by Crippen LogP contribution is -2.10. The molecule has 1 heterocycles. The average molecular weight is 311 g/mol. The van der Waals surface area contributed by atoms with Gasteiger partial charge in [0.05, 0.1) is 20.4 Å². The van der Waals surface area contributed by atoms with Crippen molar-refractivity contribution in [3.63, 3.8) is 0 Å². The highest BCUT2D eigenvalue weighted by atomic mass is 35.5. The van der Waals surface area contributed by atoms with Crippen LogP contribution < -0.4 is 9.47 Å². The van der Waals surface area contributed by atoms with Crippen LogP contribution in [0.25, 0.3) is 0 Å². The first-order chi connectivity index (χ1) is 10.0. The monoisotopic (exact) mass is 310 g/mol. The number of nitrogens with zero attached hydrogens (tertiary/aromatic N) is 2. The number of ketones is 1. The van der Waals surface area contributed by atoms with Gasteiger partial charge in [-0.2, -0.15) is 4.98 Å². The van der Waals surface area contributed by atoms with Gasteiger partial charge >= 0.3 is 0 Å². The van der Waals surface area contributed by atoms with Crippen LogP contribution in [0.2, 0.25) is 5.02 Å². The third-order valence-corrected chi connectivity index (χ3v) is 3.10. The summed E-state index contributed by atoms with van der Waals surface area (Å²) in [5, 5.41) is 0.184. The maximum absolute atomic E-state index is 13.0. The van der Waals surface area contributed by atoms with Crippen molar-refractivity contribution in [3.8, 4) is 11.8 Å². The van der Waals surface area contributed by atoms with Crippen LogP contribution in [0.4, 0.5) is 4.39 Å². The predicted octanol–water partition coefficient (Wildman–Crippen LogP) is 2.71. The smallest absolute Gasteiger partial charge is 0.246 e. The highest BCUT2D eigenvalue weighted by Gasteiger charge is 2.18. The predicted molar refractivity (Wildman–Crippen MR) is 74.6 cm³/mol. The molecule has 2 rings (SSSR count). The summed E-state index contributed by atoms with van der Waals surface area (Å²) in [5.41, 5.74) is 0.571. The van der Waals surface area contributed by atoms with Crippen molar-refractivity contribution >= 4 is 17.4 Å². The maximum atomic E-state index is 13.0. The van der Waals surface area contributed by atoms with Gasteiger partial charge in [-0.1, -0.05) is 17.7 Å². The Labute approximate surface area is 125 Å². The van der Waals surface area contributed by atoms with Gasteiger partial charge in [0, 0.05) is 11.4 Å². The van der Waals surface area contributed by atoms with Crippen molar-refractivity contribution in [3.05, 3.63) is 46.5 Å². The fourth-order valence-electron chi connectivity index (χ4n) is 1.71. The summed E-state index contributed by atoms with van der Waals surface area (Å²) < 4.78 is 22.9. The molecule has 0 saturated carbocycles. The number of hydrogen-bond acceptors (Lipinski definition) is 5. The number of halogens is 2. The Kier molecular flexibility index (Phi) is 4.70. The second-order valence-electron chi connectivity index (χ2n) is 4.11. The second-order valence-corrected chi connectivity index (χ2v) is 4.51. The highest BCUT2D eigenvalue weighted by molar-refractivity contribution is 6.31. The van der Waals surface area contributed by atoms with Gasteiger partial charge in [-0.3, -0.25) is 4.79 Å². The topological polar surface area (TPSA) is 61.3 Å². The van der Waals surface area contributed by atoms with E-state index < -0.39 is 5.82 Å². The number of hydrogen-bond donors (Lipinski definition) is 0. The largest absolute Gasteiger partial charge is 0.480 e. The number of Topliss-reactive ketones (excluding diaryl/α,β-unsaturated/α-hetero) is 1. The number of methoxy groups -OCH3 is 2. The van der Waals surface area contributed by atoms with Crippen LogP contribution in [0.3, 0.4) is 0 Å². The van der Waals surface area contributed by atoms with Crippen molar-refractivity contribution < 1.29 is 18.7 Å². The van der Waals surface area contributed by atoms with Crippen molar-refractivity contribution in [1.82, 2.24) is 9.97 Å². The molecule has 1 aromatic heterocycles. The Bertz CT molecular complexity index is 679. The zero-order valence-corrected chi connectivity index (χ0v) is 12.1. The van der Waals surface area contributed by atoms with E-state index in [-0.39, 0.29) is 34.7 Å². The quantitative estimate of drug-likeness (QED) is 0.795. The summed E-state index contributed by atoms with van der Waals surface area (Å²) in [4.78, 5) is 20.2. The summed E-state index contributed by atoms with van der Waals surface area (Å²) in [6.07, 6.45) is 1.29. The van der Waals surface area contributed by atoms with Crippen molar-refractivity contribution in [2.75, 3.05) is 14.2 Å². The molecule has 0 saturated heterocycles. The summed E-state index contributed by atoms with van der Waals surface area (Å²) >= 11 is 5.90. The first kappa shape index (κ1) is 15.2. The molecule has 0 N–H and O–H groups in total. The summed E-state index contributed by atoms with van der Waals surface area (Å²) in [7, 11) is 2.81. The number of ether oxygens (including phenoxy) is 2. The van der Waals surface area contributed by atoms with Gasteiger partial charge in [0.15, 0.2) is 11.5 Å². The molecule has 7 heteroatoms. The third-order valence-electron chi connectivity index (χ3n) is 2.75. The van der Waals surface area contributed by atoms with Crippen molar-refractivity contribution in [2.45, 2.75) is 6.42 Å². The molecule has 2 aromatic rings. The molecular formula is C14H12ClFN2O3. The van der Waals surface area contributed by atoms with Gasteiger partial charge in [0.1, 0.15) is 5.82 Å². The number of carbonyl (C=O) groups excluding carboxylic acids is 1. The maximum Gasteiger partial charge on any atom is 0.246 e. The Morgan fingerprint density at radius 1 is 1.33 bits per heavy atom. The molecule has 0 aliphatic rings. The van der Waals surface area contributed by atoms with Crippen molar-refractivity contribution in [2.24, 2.45) is 0 Å². The number of aromatic nitrogens is 2. The third kappa shape index (κ3) is 3.46. The van der Waals surface area contributed by atoms with E-state index in [1.54, 1.807) is 0 Å². The van der Waals surface area contributed by atoms with Crippen LogP contribution >= 0.6 is 11.6 Å². The average Bonchev–Trinajstić information content (AvgIpc) is 2.49. The van der Waals surface area contributed by atoms with E-state index in [1.165, 1.54) is 32.5 Å². The minimum atomic E-state index is -0.460. The van der Waals surface area contributed by atoms with Gasteiger partial charge in [0.25, 0.3) is 0 Å². The zero-order chi connectivity index (χ0) is 15.4. The first-order valence-corrected chi connectivity index (χ1v) is 6.35. The van der Waals surface area contributed by atoms with Crippen LogP contribution in [-0.2, 0) is 6.42 Å². The first-order valence-electron chi connectivity index (χ1n) is 5.97. The van der Waals surface area contributed by atoms with Crippen LogP contribution in [0, 0.1) is 5.82 Å². The van der Waals surface area contributed by atoms with Gasteiger partial charge in [0.2, 0.25) is 11.8 Å². The van der Waals surface area contributed by atoms with Crippen LogP contribution in [0.5, 0.6) is 11.8 Å². The fourth-order valence-corrected chi connectivity index (χ4v) is 1.94. The lowest BCUT2D eigenvalue weighted by atomic mass is 10.1. The fraction of sp³-hybridized carbons (Fsp3) is 0.214. The number of rotatable bonds is 5. The van der Waals surface area contributed by atoms with Gasteiger partial charge in [-0.15, -0.1) is 0 Å². The molecule has 0 fully saturated rings. The van der Waals surface area contributed by atoms with Gasteiger partial charge < -0.3 is 9.47 Å². The molecule has 0 bridgehead atoms. The molecule has 21 heavy (non-hydrogen) atoms. The second kappa shape index (κ2) is 6.49. The van der Waals surface area contributed by atoms with Crippen molar-refractivity contribution in [1.29, 1.82) is 0 Å². The zero-order valence-electron chi connectivity index (χ0n) is 11.4. The molecule has 0 aliphatic heterocycles. The molecule has 5 nitrogen and oxygen atoms in total. The Morgan fingerprint density at radius 2 is 2.10 bits per heavy atom. The summed E-state index contributed by atoms with van der Waals surface area (Å²) in [5.74, 6) is -0.491. The Morgan fingerprint density at radius 3 is 2.71 bits per heavy atom. The molecule has 0 amide bonds. The highest BCUT2D eigenvalue weighted by Crippen LogP contribution is 2.22. The molecule has 1 aromatic carbocycles. The van der Waals surface area contributed by atoms with E-state index in [1.807, 2.05) is 0 Å². The lowest BCUT2D eigenvalue weighted by Gasteiger charge is -2.08. The van der Waals surface area contributed by atoms with E-state index in [0.29, 0.717) is 5.56 Å².